The van der Waals surface area contributed by atoms with Crippen LogP contribution in [-0.4, -0.2) is 83.8 Å². The van der Waals surface area contributed by atoms with E-state index in [4.69, 9.17) is 17.2 Å². The van der Waals surface area contributed by atoms with Gasteiger partial charge in [0.05, 0.1) is 24.7 Å². The number of nitrogens with two attached hydrogens (primary N) is 3. The molecule has 1 aromatic rings. The van der Waals surface area contributed by atoms with Gasteiger partial charge in [-0.1, -0.05) is 44.2 Å². The van der Waals surface area contributed by atoms with Crippen LogP contribution in [0.2, 0.25) is 0 Å². The molecular weight excluding hydrogens is 558 g/mol. The lowest BCUT2D eigenvalue weighted by Crippen LogP contribution is -2.57. The van der Waals surface area contributed by atoms with Crippen LogP contribution in [0.5, 0.6) is 0 Å². The number of aliphatic hydroxyl groups excluding tert-OH is 1. The number of amides is 5. The Hall–Kier alpha value is -3.88. The number of ketones is 1. The molecular formula is C29H47N7O7. The van der Waals surface area contributed by atoms with Crippen LogP contribution in [0.15, 0.2) is 30.3 Å². The van der Waals surface area contributed by atoms with Gasteiger partial charge in [0.2, 0.25) is 29.5 Å². The van der Waals surface area contributed by atoms with Gasteiger partial charge in [-0.25, -0.2) is 0 Å². The van der Waals surface area contributed by atoms with Gasteiger partial charge in [0, 0.05) is 19.4 Å². The van der Waals surface area contributed by atoms with Crippen molar-refractivity contribution in [1.82, 2.24) is 21.3 Å². The summed E-state index contributed by atoms with van der Waals surface area (Å²) < 4.78 is 0. The van der Waals surface area contributed by atoms with Crippen molar-refractivity contribution in [3.63, 3.8) is 0 Å². The highest BCUT2D eigenvalue weighted by molar-refractivity contribution is 5.92. The Morgan fingerprint density at radius 3 is 2.00 bits per heavy atom. The van der Waals surface area contributed by atoms with E-state index in [1.165, 1.54) is 6.92 Å². The fraction of sp³-hybridized carbons (Fsp3) is 0.586. The molecule has 0 aliphatic heterocycles. The van der Waals surface area contributed by atoms with Crippen molar-refractivity contribution in [2.24, 2.45) is 23.1 Å². The molecule has 0 aliphatic rings. The molecule has 240 valence electrons. The van der Waals surface area contributed by atoms with Gasteiger partial charge in [0.25, 0.3) is 0 Å². The van der Waals surface area contributed by atoms with E-state index in [0.717, 1.165) is 5.56 Å². The van der Waals surface area contributed by atoms with Crippen LogP contribution in [0.3, 0.4) is 0 Å². The van der Waals surface area contributed by atoms with Crippen molar-refractivity contribution in [2.45, 2.75) is 89.5 Å². The van der Waals surface area contributed by atoms with Crippen molar-refractivity contribution >= 4 is 35.3 Å². The van der Waals surface area contributed by atoms with Crippen LogP contribution in [0.25, 0.3) is 0 Å². The van der Waals surface area contributed by atoms with Gasteiger partial charge in [0.15, 0.2) is 0 Å². The molecule has 0 saturated heterocycles. The summed E-state index contributed by atoms with van der Waals surface area (Å²) in [6.07, 6.45) is 1.66. The molecule has 0 heterocycles. The van der Waals surface area contributed by atoms with E-state index in [-0.39, 0.29) is 43.3 Å². The molecule has 1 aromatic carbocycles. The first-order chi connectivity index (χ1) is 20.3. The highest BCUT2D eigenvalue weighted by Crippen LogP contribution is 2.08. The zero-order chi connectivity index (χ0) is 32.5. The maximum atomic E-state index is 12.6. The minimum absolute atomic E-state index is 0.0648. The van der Waals surface area contributed by atoms with Crippen molar-refractivity contribution in [1.29, 1.82) is 0 Å². The van der Waals surface area contributed by atoms with E-state index >= 15 is 0 Å². The molecule has 43 heavy (non-hydrogen) atoms. The van der Waals surface area contributed by atoms with Gasteiger partial charge in [0.1, 0.15) is 17.9 Å². The zero-order valence-corrected chi connectivity index (χ0v) is 25.1. The molecule has 5 atom stereocenters. The zero-order valence-electron chi connectivity index (χ0n) is 25.1. The Labute approximate surface area is 252 Å². The van der Waals surface area contributed by atoms with E-state index < -0.39 is 60.4 Å². The second-order valence-corrected chi connectivity index (χ2v) is 10.8. The summed E-state index contributed by atoms with van der Waals surface area (Å²) in [5.41, 5.74) is 17.5. The lowest BCUT2D eigenvalue weighted by Gasteiger charge is -2.24. The SMILES string of the molecule is CC(=O)C(CCC(=O)NCCCCC(N)C(=O)N[C@@H](CO)C(=O)N[C@@H](Cc1ccccc1)C(N)=O)N[C@H](C(N)=O)C(C)C. The molecule has 0 saturated carbocycles. The van der Waals surface area contributed by atoms with Crippen LogP contribution in [0, 0.1) is 5.92 Å². The van der Waals surface area contributed by atoms with Gasteiger partial charge < -0.3 is 38.3 Å². The summed E-state index contributed by atoms with van der Waals surface area (Å²) in [6, 6.07) is 4.20. The lowest BCUT2D eigenvalue weighted by molar-refractivity contribution is -0.132. The minimum atomic E-state index is -1.33. The first-order valence-electron chi connectivity index (χ1n) is 14.4. The number of carbonyl (C=O) groups excluding carboxylic acids is 6. The van der Waals surface area contributed by atoms with Crippen molar-refractivity contribution in [2.75, 3.05) is 13.2 Å². The molecule has 11 N–H and O–H groups in total. The molecule has 1 rings (SSSR count). The average molecular weight is 606 g/mol. The van der Waals surface area contributed by atoms with E-state index in [2.05, 4.69) is 21.3 Å². The molecule has 0 aromatic heterocycles. The summed E-state index contributed by atoms with van der Waals surface area (Å²) in [7, 11) is 0. The van der Waals surface area contributed by atoms with Gasteiger partial charge in [-0.2, -0.15) is 0 Å². The van der Waals surface area contributed by atoms with Gasteiger partial charge >= 0.3 is 0 Å². The van der Waals surface area contributed by atoms with Crippen LogP contribution >= 0.6 is 0 Å². The van der Waals surface area contributed by atoms with E-state index in [0.29, 0.717) is 19.4 Å². The standard InChI is InChI=1S/C29H47N7O7/c1-17(2)25(27(32)41)34-21(18(3)38)12-13-24(39)33-14-8-7-11-20(30)28(42)36-23(16-37)29(43)35-22(26(31)40)15-19-9-5-4-6-10-19/h4-6,9-10,17,20-23,25,34,37H,7-8,11-16,30H2,1-3H3,(H2,31,40)(H2,32,41)(H,33,39)(H,35,43)(H,36,42)/t20?,21?,22-,23-,25-/m0/s1. The maximum absolute atomic E-state index is 12.6. The number of nitrogens with one attached hydrogen (secondary N) is 4. The quantitative estimate of drug-likeness (QED) is 0.0730. The second-order valence-electron chi connectivity index (χ2n) is 10.8. The predicted octanol–water partition coefficient (Wildman–Crippen LogP) is -1.87. The van der Waals surface area contributed by atoms with Gasteiger partial charge in [-0.05, 0) is 44.1 Å². The molecule has 0 radical (unpaired) electrons. The number of Topliss-reactive ketones (excluding diaryl/α,β-unsaturated/α-hetero) is 1. The van der Waals surface area contributed by atoms with E-state index in [1.807, 2.05) is 6.07 Å². The molecule has 0 bridgehead atoms. The fourth-order valence-corrected chi connectivity index (χ4v) is 4.25. The lowest BCUT2D eigenvalue weighted by atomic mass is 9.99. The normalized spacial score (nSPS) is 14.6. The monoisotopic (exact) mass is 605 g/mol. The minimum Gasteiger partial charge on any atom is -0.394 e. The first-order valence-corrected chi connectivity index (χ1v) is 14.4. The Kier molecular flexibility index (Phi) is 16.7. The molecule has 5 amide bonds. The van der Waals surface area contributed by atoms with Crippen molar-refractivity contribution in [3.8, 4) is 0 Å². The Bertz CT molecular complexity index is 1080. The number of benzene rings is 1. The Balaban J connectivity index is 2.43. The summed E-state index contributed by atoms with van der Waals surface area (Å²) in [4.78, 5) is 72.8. The third-order valence-electron chi connectivity index (χ3n) is 6.86. The number of hydrogen-bond donors (Lipinski definition) is 8. The summed E-state index contributed by atoms with van der Waals surface area (Å²) in [5, 5.41) is 20.2. The number of unbranched alkanes of at least 4 members (excludes halogenated alkanes) is 1. The van der Waals surface area contributed by atoms with E-state index in [9.17, 15) is 33.9 Å². The van der Waals surface area contributed by atoms with Crippen LogP contribution in [0.4, 0.5) is 0 Å². The molecule has 0 aliphatic carbocycles. The highest BCUT2D eigenvalue weighted by atomic mass is 16.3. The molecule has 0 spiro atoms. The summed E-state index contributed by atoms with van der Waals surface area (Å²) >= 11 is 0. The maximum Gasteiger partial charge on any atom is 0.245 e. The van der Waals surface area contributed by atoms with Crippen LogP contribution < -0.4 is 38.5 Å². The third-order valence-corrected chi connectivity index (χ3v) is 6.86. The number of aliphatic hydroxyl groups is 1. The fourth-order valence-electron chi connectivity index (χ4n) is 4.25. The molecule has 14 heteroatoms. The van der Waals surface area contributed by atoms with E-state index in [1.54, 1.807) is 38.1 Å². The predicted molar refractivity (Wildman–Crippen MR) is 160 cm³/mol. The Morgan fingerprint density at radius 2 is 1.47 bits per heavy atom. The molecule has 2 unspecified atom stereocenters. The average Bonchev–Trinajstić information content (AvgIpc) is 2.94. The number of rotatable bonds is 21. The highest BCUT2D eigenvalue weighted by Gasteiger charge is 2.28. The second kappa shape index (κ2) is 19.3. The topological polar surface area (TPSA) is 249 Å². The molecule has 14 nitrogen and oxygen atoms in total. The van der Waals surface area contributed by atoms with Crippen LogP contribution in [-0.2, 0) is 35.2 Å². The smallest absolute Gasteiger partial charge is 0.245 e. The summed E-state index contributed by atoms with van der Waals surface area (Å²) in [5.74, 6) is -3.35. The number of primary amides is 2. The summed E-state index contributed by atoms with van der Waals surface area (Å²) in [6.45, 7) is 4.59. The van der Waals surface area contributed by atoms with Gasteiger partial charge in [-0.15, -0.1) is 0 Å². The van der Waals surface area contributed by atoms with Gasteiger partial charge in [-0.3, -0.25) is 34.1 Å². The number of carbonyl (C=O) groups is 6. The first kappa shape index (κ1) is 37.1. The third kappa shape index (κ3) is 14.2. The number of hydrogen-bond acceptors (Lipinski definition) is 9. The van der Waals surface area contributed by atoms with Crippen molar-refractivity contribution in [3.05, 3.63) is 35.9 Å². The largest absolute Gasteiger partial charge is 0.394 e. The Morgan fingerprint density at radius 1 is 0.837 bits per heavy atom. The molecule has 0 fully saturated rings. The van der Waals surface area contributed by atoms with Crippen molar-refractivity contribution < 1.29 is 33.9 Å². The van der Waals surface area contributed by atoms with Crippen LogP contribution in [0.1, 0.15) is 58.4 Å².